The lowest BCUT2D eigenvalue weighted by atomic mass is 10.0. The van der Waals surface area contributed by atoms with Crippen molar-refractivity contribution in [1.29, 1.82) is 0 Å². The van der Waals surface area contributed by atoms with Crippen LogP contribution in [0.4, 0.5) is 0 Å². The largest absolute Gasteiger partial charge is 0.472 e. The summed E-state index contributed by atoms with van der Waals surface area (Å²) in [6.07, 6.45) is 76.6. The molecule has 0 aliphatic carbocycles. The molecule has 0 aliphatic rings. The van der Waals surface area contributed by atoms with E-state index < -0.39 is 20.0 Å². The number of likely N-dealkylation sites (N-methyl/N-ethyl adjacent to an activating group) is 1. The van der Waals surface area contributed by atoms with Gasteiger partial charge in [0.2, 0.25) is 5.91 Å². The number of carbonyl (C=O) groups excluding carboxylic acids is 1. The van der Waals surface area contributed by atoms with Crippen molar-refractivity contribution in [2.24, 2.45) is 0 Å². The molecule has 8 nitrogen and oxygen atoms in total. The molecule has 0 aromatic heterocycles. The first-order chi connectivity index (χ1) is 37.0. The van der Waals surface area contributed by atoms with Crippen LogP contribution in [0.15, 0.2) is 36.5 Å². The number of nitrogens with one attached hydrogen (secondary N) is 1. The van der Waals surface area contributed by atoms with Crippen LogP contribution < -0.4 is 5.32 Å². The van der Waals surface area contributed by atoms with Crippen molar-refractivity contribution in [1.82, 2.24) is 5.32 Å². The minimum atomic E-state index is -4.33. The molecule has 0 radical (unpaired) electrons. The van der Waals surface area contributed by atoms with Gasteiger partial charge in [-0.15, -0.1) is 0 Å². The van der Waals surface area contributed by atoms with Crippen LogP contribution in [0.25, 0.3) is 0 Å². The van der Waals surface area contributed by atoms with Crippen molar-refractivity contribution in [3.8, 4) is 0 Å². The van der Waals surface area contributed by atoms with Crippen molar-refractivity contribution >= 4 is 13.7 Å². The van der Waals surface area contributed by atoms with E-state index in [1.807, 2.05) is 21.1 Å². The van der Waals surface area contributed by atoms with Crippen molar-refractivity contribution < 1.29 is 32.9 Å². The summed E-state index contributed by atoms with van der Waals surface area (Å²) in [7, 11) is 1.63. The van der Waals surface area contributed by atoms with Gasteiger partial charge in [0.25, 0.3) is 0 Å². The van der Waals surface area contributed by atoms with Gasteiger partial charge >= 0.3 is 7.82 Å². The summed E-state index contributed by atoms with van der Waals surface area (Å²) in [6.45, 7) is 4.93. The smallest absolute Gasteiger partial charge is 0.391 e. The molecule has 76 heavy (non-hydrogen) atoms. The summed E-state index contributed by atoms with van der Waals surface area (Å²) in [5, 5.41) is 14.1. The summed E-state index contributed by atoms with van der Waals surface area (Å²) in [5.41, 5.74) is 0. The molecule has 3 unspecified atom stereocenters. The summed E-state index contributed by atoms with van der Waals surface area (Å²) in [5.74, 6) is -0.138. The Morgan fingerprint density at radius 1 is 0.447 bits per heavy atom. The maximum absolute atomic E-state index is 13.1. The zero-order chi connectivity index (χ0) is 55.6. The van der Waals surface area contributed by atoms with Crippen molar-refractivity contribution in [2.75, 3.05) is 40.9 Å². The highest BCUT2D eigenvalue weighted by molar-refractivity contribution is 7.47. The summed E-state index contributed by atoms with van der Waals surface area (Å²) < 4.78 is 23.9. The van der Waals surface area contributed by atoms with Gasteiger partial charge in [0.15, 0.2) is 0 Å². The van der Waals surface area contributed by atoms with E-state index in [-0.39, 0.29) is 19.1 Å². The Hall–Kier alpha value is -1.28. The molecular formula is C67H132N2O6P+. The Bertz CT molecular complexity index is 1330. The first-order valence-corrected chi connectivity index (χ1v) is 34.8. The maximum atomic E-state index is 13.1. The van der Waals surface area contributed by atoms with Gasteiger partial charge in [-0.05, 0) is 51.4 Å². The van der Waals surface area contributed by atoms with Gasteiger partial charge in [0, 0.05) is 6.42 Å². The van der Waals surface area contributed by atoms with Crippen LogP contribution in [-0.4, -0.2) is 73.4 Å². The van der Waals surface area contributed by atoms with Crippen LogP contribution in [-0.2, 0) is 18.4 Å². The van der Waals surface area contributed by atoms with Gasteiger partial charge in [-0.25, -0.2) is 4.57 Å². The molecule has 0 aromatic rings. The Morgan fingerprint density at radius 3 is 1.09 bits per heavy atom. The molecule has 3 N–H and O–H groups in total. The SMILES string of the molecule is CCCCCCC/C=C\C/C=C\C/C=C\CCCCCCCCCCCCCCCCCCCCC(=O)NC(COP(=O)(O)OCC[N+](C)(C)C)C(O)CCCCCCCCCCCCCCCCCCCCCCC. The number of unbranched alkanes of at least 4 members (excludes halogenated alkanes) is 43. The molecular weight excluding hydrogens is 960 g/mol. The van der Waals surface area contributed by atoms with Gasteiger partial charge < -0.3 is 19.8 Å². The Labute approximate surface area is 474 Å². The molecule has 0 spiro atoms. The Kier molecular flexibility index (Phi) is 57.4. The minimum Gasteiger partial charge on any atom is -0.391 e. The lowest BCUT2D eigenvalue weighted by Gasteiger charge is -2.26. The van der Waals surface area contributed by atoms with Gasteiger partial charge in [-0.2, -0.15) is 0 Å². The molecule has 1 amide bonds. The topological polar surface area (TPSA) is 105 Å². The number of allylic oxidation sites excluding steroid dienone is 6. The fourth-order valence-corrected chi connectivity index (χ4v) is 10.9. The minimum absolute atomic E-state index is 0.0765. The third-order valence-corrected chi connectivity index (χ3v) is 16.4. The number of aliphatic hydroxyl groups excluding tert-OH is 1. The normalized spacial score (nSPS) is 13.9. The van der Waals surface area contributed by atoms with Gasteiger partial charge in [0.1, 0.15) is 13.2 Å². The molecule has 0 fully saturated rings. The first-order valence-electron chi connectivity index (χ1n) is 33.4. The van der Waals surface area contributed by atoms with Crippen LogP contribution in [0.2, 0.25) is 0 Å². The highest BCUT2D eigenvalue weighted by Gasteiger charge is 2.28. The third kappa shape index (κ3) is 60.4. The van der Waals surface area contributed by atoms with Crippen LogP contribution in [0.1, 0.15) is 335 Å². The van der Waals surface area contributed by atoms with Crippen LogP contribution >= 0.6 is 7.82 Å². The van der Waals surface area contributed by atoms with E-state index in [0.29, 0.717) is 23.9 Å². The second-order valence-corrected chi connectivity index (χ2v) is 25.7. The molecule has 9 heteroatoms. The molecule has 0 saturated carbocycles. The monoisotopic (exact) mass is 1090 g/mol. The molecule has 0 rings (SSSR count). The highest BCUT2D eigenvalue weighted by Crippen LogP contribution is 2.43. The lowest BCUT2D eigenvalue weighted by molar-refractivity contribution is -0.870. The fourth-order valence-electron chi connectivity index (χ4n) is 10.2. The van der Waals surface area contributed by atoms with E-state index in [1.165, 1.54) is 257 Å². The average Bonchev–Trinajstić information content (AvgIpc) is 3.38. The predicted molar refractivity (Wildman–Crippen MR) is 332 cm³/mol. The number of carbonyl (C=O) groups is 1. The third-order valence-electron chi connectivity index (χ3n) is 15.4. The zero-order valence-corrected chi connectivity index (χ0v) is 52.4. The van der Waals surface area contributed by atoms with Crippen LogP contribution in [0.3, 0.4) is 0 Å². The number of hydrogen-bond acceptors (Lipinski definition) is 5. The molecule has 450 valence electrons. The molecule has 3 atom stereocenters. The lowest BCUT2D eigenvalue weighted by Crippen LogP contribution is -2.46. The highest BCUT2D eigenvalue weighted by atomic mass is 31.2. The molecule has 0 saturated heterocycles. The molecule has 0 aliphatic heterocycles. The van der Waals surface area contributed by atoms with E-state index >= 15 is 0 Å². The van der Waals surface area contributed by atoms with Crippen molar-refractivity contribution in [3.05, 3.63) is 36.5 Å². The van der Waals surface area contributed by atoms with E-state index in [2.05, 4.69) is 55.6 Å². The van der Waals surface area contributed by atoms with Gasteiger partial charge in [-0.3, -0.25) is 13.8 Å². The fraction of sp³-hybridized carbons (Fsp3) is 0.896. The van der Waals surface area contributed by atoms with Gasteiger partial charge in [0.05, 0.1) is 39.9 Å². The van der Waals surface area contributed by atoms with E-state index in [1.54, 1.807) is 0 Å². The Balaban J connectivity index is 4.01. The number of hydrogen-bond donors (Lipinski definition) is 3. The van der Waals surface area contributed by atoms with Crippen LogP contribution in [0, 0.1) is 0 Å². The molecule has 0 bridgehead atoms. The number of amides is 1. The van der Waals surface area contributed by atoms with Crippen molar-refractivity contribution in [2.45, 2.75) is 347 Å². The summed E-state index contributed by atoms with van der Waals surface area (Å²) >= 11 is 0. The zero-order valence-electron chi connectivity index (χ0n) is 51.5. The van der Waals surface area contributed by atoms with Gasteiger partial charge in [-0.1, -0.05) is 314 Å². The van der Waals surface area contributed by atoms with Crippen LogP contribution in [0.5, 0.6) is 0 Å². The number of phosphoric ester groups is 1. The first kappa shape index (κ1) is 74.7. The summed E-state index contributed by atoms with van der Waals surface area (Å²) in [4.78, 5) is 23.4. The Morgan fingerprint density at radius 2 is 0.750 bits per heavy atom. The number of aliphatic hydroxyl groups is 1. The van der Waals surface area contributed by atoms with E-state index in [9.17, 15) is 19.4 Å². The standard InChI is InChI=1S/C67H131N2O6P/c1-6-8-10-12-14-16-18-20-22-24-26-28-29-30-31-32-33-34-35-36-37-38-39-41-43-45-47-49-51-53-55-57-59-61-67(71)68-65(64-75-76(72,73)74-63-62-69(3,4)5)66(70)60-58-56-54-52-50-48-46-44-42-40-27-25-23-21-19-17-15-13-11-9-7-2/h18,20,24,26,29-30,65-66,70H,6-17,19,21-23,25,27-28,31-64H2,1-5H3,(H-,68,71,72,73)/p+1/b20-18-,26-24-,30-29-. The van der Waals surface area contributed by atoms with E-state index in [4.69, 9.17) is 9.05 Å². The summed E-state index contributed by atoms with van der Waals surface area (Å²) in [6, 6.07) is -0.760. The molecule has 0 heterocycles. The second-order valence-electron chi connectivity index (χ2n) is 24.2. The quantitative estimate of drug-likeness (QED) is 0.0243. The number of phosphoric acid groups is 1. The molecule has 0 aromatic carbocycles. The second kappa shape index (κ2) is 58.4. The predicted octanol–water partition coefficient (Wildman–Crippen LogP) is 20.9. The number of rotatable bonds is 62. The van der Waals surface area contributed by atoms with E-state index in [0.717, 1.165) is 51.4 Å². The average molecular weight is 1090 g/mol. The number of quaternary nitrogens is 1. The number of nitrogens with zero attached hydrogens (tertiary/aromatic N) is 1. The van der Waals surface area contributed by atoms with Crippen molar-refractivity contribution in [3.63, 3.8) is 0 Å². The maximum Gasteiger partial charge on any atom is 0.472 e.